The molecule has 0 atom stereocenters. The number of anilines is 2. The lowest BCUT2D eigenvalue weighted by molar-refractivity contribution is 0.307. The van der Waals surface area contributed by atoms with E-state index in [1.54, 1.807) is 8.61 Å². The van der Waals surface area contributed by atoms with E-state index in [1.807, 2.05) is 9.80 Å². The van der Waals surface area contributed by atoms with E-state index in [0.717, 1.165) is 45.2 Å². The number of rotatable bonds is 4. The molecule has 156 valence electrons. The van der Waals surface area contributed by atoms with Gasteiger partial charge in [0, 0.05) is 52.4 Å². The fraction of sp³-hybridized carbons (Fsp3) is 0.778. The second-order valence-corrected chi connectivity index (χ2v) is 9.67. The van der Waals surface area contributed by atoms with Crippen LogP contribution in [-0.2, 0) is 10.2 Å². The molecule has 3 aliphatic rings. The molecular formula is C18H29FN6O2S. The maximum Gasteiger partial charge on any atom is 0.282 e. The molecule has 0 bridgehead atoms. The van der Waals surface area contributed by atoms with Gasteiger partial charge in [-0.15, -0.1) is 0 Å². The van der Waals surface area contributed by atoms with Gasteiger partial charge in [0.05, 0.1) is 6.20 Å². The first-order chi connectivity index (χ1) is 13.6. The summed E-state index contributed by atoms with van der Waals surface area (Å²) in [6.07, 6.45) is 7.00. The number of piperidine rings is 1. The average molecular weight is 413 g/mol. The van der Waals surface area contributed by atoms with Crippen molar-refractivity contribution in [2.45, 2.75) is 38.5 Å². The van der Waals surface area contributed by atoms with Gasteiger partial charge in [0.1, 0.15) is 0 Å². The lowest BCUT2D eigenvalue weighted by atomic mass is 10.2. The Morgan fingerprint density at radius 1 is 0.750 bits per heavy atom. The number of aromatic nitrogens is 2. The summed E-state index contributed by atoms with van der Waals surface area (Å²) in [5, 5.41) is 0. The van der Waals surface area contributed by atoms with Crippen LogP contribution in [-0.4, -0.2) is 79.4 Å². The lowest BCUT2D eigenvalue weighted by Crippen LogP contribution is -2.47. The van der Waals surface area contributed by atoms with E-state index in [9.17, 15) is 12.8 Å². The van der Waals surface area contributed by atoms with Gasteiger partial charge >= 0.3 is 0 Å². The average Bonchev–Trinajstić information content (AvgIpc) is 3.12. The van der Waals surface area contributed by atoms with Crippen LogP contribution in [0, 0.1) is 5.82 Å². The molecule has 0 amide bonds. The standard InChI is InChI=1S/C18H29FN6O2S/c19-16-15-20-18(21-17(16)22-7-4-5-8-22)23-9-6-12-25(14-13-23)28(26,27)24-10-2-1-3-11-24/h15H,1-14H2. The molecule has 0 spiro atoms. The summed E-state index contributed by atoms with van der Waals surface area (Å²) in [5.41, 5.74) is 0. The minimum Gasteiger partial charge on any atom is -0.354 e. The third kappa shape index (κ3) is 4.08. The third-order valence-corrected chi connectivity index (χ3v) is 7.86. The van der Waals surface area contributed by atoms with Crippen molar-refractivity contribution >= 4 is 22.0 Å². The molecule has 0 unspecified atom stereocenters. The van der Waals surface area contributed by atoms with E-state index in [0.29, 0.717) is 57.5 Å². The van der Waals surface area contributed by atoms with Crippen LogP contribution in [0.1, 0.15) is 38.5 Å². The van der Waals surface area contributed by atoms with Gasteiger partial charge in [0.25, 0.3) is 10.2 Å². The molecule has 28 heavy (non-hydrogen) atoms. The highest BCUT2D eigenvalue weighted by molar-refractivity contribution is 7.86. The highest BCUT2D eigenvalue weighted by atomic mass is 32.2. The lowest BCUT2D eigenvalue weighted by Gasteiger charge is -2.31. The second-order valence-electron chi connectivity index (χ2n) is 7.74. The van der Waals surface area contributed by atoms with Crippen LogP contribution in [0.3, 0.4) is 0 Å². The van der Waals surface area contributed by atoms with E-state index < -0.39 is 16.0 Å². The summed E-state index contributed by atoms with van der Waals surface area (Å²) in [7, 11) is -3.41. The molecule has 1 aromatic heterocycles. The molecule has 0 saturated carbocycles. The van der Waals surface area contributed by atoms with Crippen molar-refractivity contribution in [2.24, 2.45) is 0 Å². The minimum absolute atomic E-state index is 0.365. The molecule has 3 aliphatic heterocycles. The molecular weight excluding hydrogens is 383 g/mol. The smallest absolute Gasteiger partial charge is 0.282 e. The van der Waals surface area contributed by atoms with E-state index in [4.69, 9.17) is 0 Å². The molecule has 3 saturated heterocycles. The maximum atomic E-state index is 14.2. The van der Waals surface area contributed by atoms with Crippen molar-refractivity contribution in [2.75, 3.05) is 62.2 Å². The Morgan fingerprint density at radius 3 is 2.11 bits per heavy atom. The molecule has 4 heterocycles. The van der Waals surface area contributed by atoms with Crippen molar-refractivity contribution < 1.29 is 12.8 Å². The Morgan fingerprint density at radius 2 is 1.36 bits per heavy atom. The SMILES string of the molecule is O=S(=O)(N1CCCCC1)N1CCCN(c2ncc(F)c(N3CCCC3)n2)CC1. The number of hydrogen-bond donors (Lipinski definition) is 0. The van der Waals surface area contributed by atoms with Crippen LogP contribution < -0.4 is 9.80 Å². The fourth-order valence-electron chi connectivity index (χ4n) is 4.24. The monoisotopic (exact) mass is 412 g/mol. The Balaban J connectivity index is 1.46. The highest BCUT2D eigenvalue weighted by Crippen LogP contribution is 2.24. The van der Waals surface area contributed by atoms with Crippen molar-refractivity contribution in [3.8, 4) is 0 Å². The largest absolute Gasteiger partial charge is 0.354 e. The predicted molar refractivity (Wildman–Crippen MR) is 106 cm³/mol. The fourth-order valence-corrected chi connectivity index (χ4v) is 5.95. The van der Waals surface area contributed by atoms with Gasteiger partial charge in [0.2, 0.25) is 5.95 Å². The van der Waals surface area contributed by atoms with Gasteiger partial charge in [-0.05, 0) is 32.1 Å². The quantitative estimate of drug-likeness (QED) is 0.746. The summed E-state index contributed by atoms with van der Waals surface area (Å²) in [6, 6.07) is 0. The summed E-state index contributed by atoms with van der Waals surface area (Å²) in [5.74, 6) is 0.458. The Kier molecular flexibility index (Phi) is 5.98. The van der Waals surface area contributed by atoms with Gasteiger partial charge < -0.3 is 9.80 Å². The summed E-state index contributed by atoms with van der Waals surface area (Å²) in [4.78, 5) is 12.6. The summed E-state index contributed by atoms with van der Waals surface area (Å²) < 4.78 is 43.3. The van der Waals surface area contributed by atoms with Gasteiger partial charge in [0.15, 0.2) is 11.6 Å². The Hall–Kier alpha value is -1.52. The molecule has 3 fully saturated rings. The molecule has 0 radical (unpaired) electrons. The normalized spacial score (nSPS) is 23.2. The highest BCUT2D eigenvalue weighted by Gasteiger charge is 2.32. The van der Waals surface area contributed by atoms with Crippen molar-refractivity contribution in [3.63, 3.8) is 0 Å². The van der Waals surface area contributed by atoms with Crippen LogP contribution in [0.5, 0.6) is 0 Å². The topological polar surface area (TPSA) is 72.9 Å². The number of halogens is 1. The zero-order chi connectivity index (χ0) is 19.6. The predicted octanol–water partition coefficient (Wildman–Crippen LogP) is 1.46. The van der Waals surface area contributed by atoms with E-state index in [1.165, 1.54) is 6.20 Å². The molecule has 10 heteroatoms. The zero-order valence-corrected chi connectivity index (χ0v) is 17.1. The summed E-state index contributed by atoms with van der Waals surface area (Å²) in [6.45, 7) is 4.93. The van der Waals surface area contributed by atoms with Crippen molar-refractivity contribution in [1.82, 2.24) is 18.6 Å². The summed E-state index contributed by atoms with van der Waals surface area (Å²) >= 11 is 0. The zero-order valence-electron chi connectivity index (χ0n) is 16.3. The molecule has 0 N–H and O–H groups in total. The van der Waals surface area contributed by atoms with E-state index in [2.05, 4.69) is 9.97 Å². The van der Waals surface area contributed by atoms with Crippen molar-refractivity contribution in [3.05, 3.63) is 12.0 Å². The van der Waals surface area contributed by atoms with Crippen LogP contribution >= 0.6 is 0 Å². The maximum absolute atomic E-state index is 14.2. The number of hydrogen-bond acceptors (Lipinski definition) is 6. The molecule has 8 nitrogen and oxygen atoms in total. The second kappa shape index (κ2) is 8.46. The van der Waals surface area contributed by atoms with Gasteiger partial charge in [-0.1, -0.05) is 6.42 Å². The molecule has 4 rings (SSSR count). The minimum atomic E-state index is -3.41. The first-order valence-corrected chi connectivity index (χ1v) is 11.7. The third-order valence-electron chi connectivity index (χ3n) is 5.82. The van der Waals surface area contributed by atoms with E-state index >= 15 is 0 Å². The first-order valence-electron chi connectivity index (χ1n) is 10.3. The van der Waals surface area contributed by atoms with Crippen LogP contribution in [0.4, 0.5) is 16.2 Å². The Labute approximate surface area is 166 Å². The molecule has 1 aromatic rings. The van der Waals surface area contributed by atoms with Crippen molar-refractivity contribution in [1.29, 1.82) is 0 Å². The molecule has 0 aromatic carbocycles. The first kappa shape index (κ1) is 19.8. The van der Waals surface area contributed by atoms with Crippen LogP contribution in [0.15, 0.2) is 6.20 Å². The van der Waals surface area contributed by atoms with Gasteiger partial charge in [-0.3, -0.25) is 0 Å². The van der Waals surface area contributed by atoms with Gasteiger partial charge in [-0.25, -0.2) is 9.37 Å². The molecule has 0 aliphatic carbocycles. The number of nitrogens with zero attached hydrogens (tertiary/aromatic N) is 6. The van der Waals surface area contributed by atoms with Gasteiger partial charge in [-0.2, -0.15) is 22.0 Å². The Bertz CT molecular complexity index is 780. The van der Waals surface area contributed by atoms with E-state index in [-0.39, 0.29) is 0 Å². The van der Waals surface area contributed by atoms with Crippen LogP contribution in [0.25, 0.3) is 0 Å². The van der Waals surface area contributed by atoms with Crippen LogP contribution in [0.2, 0.25) is 0 Å².